The van der Waals surface area contributed by atoms with Gasteiger partial charge in [0.1, 0.15) is 12.6 Å². The van der Waals surface area contributed by atoms with Crippen LogP contribution in [0.2, 0.25) is 0 Å². The summed E-state index contributed by atoms with van der Waals surface area (Å²) in [5.74, 6) is 2.42. The number of nitrogens with zero attached hydrogens (tertiary/aromatic N) is 1. The van der Waals surface area contributed by atoms with Crippen LogP contribution in [0.3, 0.4) is 0 Å². The first kappa shape index (κ1) is 11.0. The number of carbonyl (C=O) groups is 3. The van der Waals surface area contributed by atoms with Gasteiger partial charge >= 0.3 is 5.97 Å². The number of rotatable bonds is 1. The molecule has 1 fully saturated rings. The van der Waals surface area contributed by atoms with E-state index in [-0.39, 0.29) is 19.0 Å². The number of piperazine rings is 1. The molecule has 6 nitrogen and oxygen atoms in total. The third-order valence-electron chi connectivity index (χ3n) is 1.96. The molecule has 0 aliphatic carbocycles. The molecule has 2 N–H and O–H groups in total. The second-order valence-electron chi connectivity index (χ2n) is 2.97. The highest BCUT2D eigenvalue weighted by Gasteiger charge is 2.34. The second-order valence-corrected chi connectivity index (χ2v) is 2.97. The number of hydrogen-bond acceptors (Lipinski definition) is 3. The van der Waals surface area contributed by atoms with Crippen molar-refractivity contribution in [2.45, 2.75) is 13.0 Å². The Bertz CT molecular complexity index is 366. The fourth-order valence-corrected chi connectivity index (χ4v) is 1.25. The lowest BCUT2D eigenvalue weighted by Gasteiger charge is -2.31. The Morgan fingerprint density at radius 1 is 1.60 bits per heavy atom. The molecule has 80 valence electrons. The molecule has 0 aromatic rings. The summed E-state index contributed by atoms with van der Waals surface area (Å²) in [6.07, 6.45) is 0. The Morgan fingerprint density at radius 2 is 2.27 bits per heavy atom. The van der Waals surface area contributed by atoms with Gasteiger partial charge in [-0.15, -0.1) is 0 Å². The molecular formula is C9H10N2O4. The second kappa shape index (κ2) is 4.46. The van der Waals surface area contributed by atoms with Crippen molar-refractivity contribution in [1.29, 1.82) is 0 Å². The zero-order valence-electron chi connectivity index (χ0n) is 8.11. The summed E-state index contributed by atoms with van der Waals surface area (Å²) in [6.45, 7) is 1.13. The molecule has 1 aliphatic rings. The lowest BCUT2D eigenvalue weighted by molar-refractivity contribution is -0.151. The van der Waals surface area contributed by atoms with E-state index in [1.54, 1.807) is 0 Å². The van der Waals surface area contributed by atoms with Crippen LogP contribution in [0.1, 0.15) is 6.92 Å². The van der Waals surface area contributed by atoms with Crippen molar-refractivity contribution in [1.82, 2.24) is 10.2 Å². The van der Waals surface area contributed by atoms with Gasteiger partial charge in [0.05, 0.1) is 0 Å². The van der Waals surface area contributed by atoms with E-state index in [2.05, 4.69) is 17.2 Å². The molecule has 1 saturated heterocycles. The molecular weight excluding hydrogens is 200 g/mol. The average Bonchev–Trinajstić information content (AvgIpc) is 2.17. The van der Waals surface area contributed by atoms with E-state index < -0.39 is 17.9 Å². The maximum atomic E-state index is 11.4. The number of nitrogens with one attached hydrogen (secondary N) is 1. The minimum absolute atomic E-state index is 0.0781. The van der Waals surface area contributed by atoms with E-state index in [0.717, 1.165) is 4.90 Å². The summed E-state index contributed by atoms with van der Waals surface area (Å²) >= 11 is 0. The predicted octanol–water partition coefficient (Wildman–Crippen LogP) is -1.58. The van der Waals surface area contributed by atoms with Gasteiger partial charge in [0.2, 0.25) is 5.91 Å². The Morgan fingerprint density at radius 3 is 2.80 bits per heavy atom. The first-order valence-corrected chi connectivity index (χ1v) is 4.29. The molecule has 0 radical (unpaired) electrons. The summed E-state index contributed by atoms with van der Waals surface area (Å²) in [7, 11) is 0. The molecule has 2 amide bonds. The smallest absolute Gasteiger partial charge is 0.328 e. The minimum Gasteiger partial charge on any atom is -0.480 e. The summed E-state index contributed by atoms with van der Waals surface area (Å²) in [5.41, 5.74) is 0. The van der Waals surface area contributed by atoms with Gasteiger partial charge in [-0.3, -0.25) is 9.59 Å². The van der Waals surface area contributed by atoms with Crippen LogP contribution in [-0.4, -0.2) is 46.9 Å². The van der Waals surface area contributed by atoms with Crippen molar-refractivity contribution < 1.29 is 19.5 Å². The summed E-state index contributed by atoms with van der Waals surface area (Å²) in [6, 6.07) is -1.03. The molecule has 1 rings (SSSR count). The van der Waals surface area contributed by atoms with E-state index >= 15 is 0 Å². The van der Waals surface area contributed by atoms with E-state index in [4.69, 9.17) is 5.11 Å². The van der Waals surface area contributed by atoms with Crippen LogP contribution < -0.4 is 5.32 Å². The lowest BCUT2D eigenvalue weighted by atomic mass is 10.2. The number of carboxylic acids is 1. The van der Waals surface area contributed by atoms with Crippen molar-refractivity contribution >= 4 is 17.8 Å². The Hall–Kier alpha value is -2.03. The highest BCUT2D eigenvalue weighted by Crippen LogP contribution is 2.04. The predicted molar refractivity (Wildman–Crippen MR) is 49.6 cm³/mol. The van der Waals surface area contributed by atoms with Crippen LogP contribution in [0.25, 0.3) is 0 Å². The normalized spacial score (nSPS) is 19.9. The first-order valence-electron chi connectivity index (χ1n) is 4.29. The van der Waals surface area contributed by atoms with E-state index in [0.29, 0.717) is 0 Å². The van der Waals surface area contributed by atoms with Gasteiger partial charge in [-0.1, -0.05) is 5.92 Å². The molecule has 1 aliphatic heterocycles. The van der Waals surface area contributed by atoms with Gasteiger partial charge in [-0.05, 0) is 12.8 Å². The molecule has 0 spiro atoms. The van der Waals surface area contributed by atoms with E-state index in [9.17, 15) is 14.4 Å². The molecule has 0 aromatic heterocycles. The Labute approximate surface area is 86.2 Å². The molecule has 1 heterocycles. The molecule has 15 heavy (non-hydrogen) atoms. The van der Waals surface area contributed by atoms with Crippen molar-refractivity contribution in [2.75, 3.05) is 13.1 Å². The standard InChI is InChI=1S/C9H10N2O4/c1-2-3-8(13)11-5-7(12)10-4-6(11)9(14)15/h6H,4-5H2,1H3,(H,10,12)(H,14,15). The van der Waals surface area contributed by atoms with Gasteiger partial charge in [-0.25, -0.2) is 4.79 Å². The third-order valence-corrected chi connectivity index (χ3v) is 1.96. The lowest BCUT2D eigenvalue weighted by Crippen LogP contribution is -2.59. The number of aliphatic carboxylic acids is 1. The average molecular weight is 210 g/mol. The van der Waals surface area contributed by atoms with E-state index in [1.165, 1.54) is 6.92 Å². The fraction of sp³-hybridized carbons (Fsp3) is 0.444. The van der Waals surface area contributed by atoms with Gasteiger partial charge in [0, 0.05) is 6.54 Å². The van der Waals surface area contributed by atoms with Crippen LogP contribution in [0.15, 0.2) is 0 Å². The van der Waals surface area contributed by atoms with Crippen molar-refractivity contribution in [2.24, 2.45) is 0 Å². The molecule has 0 saturated carbocycles. The topological polar surface area (TPSA) is 86.7 Å². The quantitative estimate of drug-likeness (QED) is 0.511. The van der Waals surface area contributed by atoms with Gasteiger partial charge in [0.15, 0.2) is 0 Å². The molecule has 1 atom stereocenters. The third kappa shape index (κ3) is 2.47. The molecule has 6 heteroatoms. The molecule has 0 aromatic carbocycles. The molecule has 0 bridgehead atoms. The van der Waals surface area contributed by atoms with Gasteiger partial charge < -0.3 is 15.3 Å². The maximum absolute atomic E-state index is 11.4. The van der Waals surface area contributed by atoms with Crippen molar-refractivity contribution in [3.8, 4) is 11.8 Å². The largest absolute Gasteiger partial charge is 0.480 e. The highest BCUT2D eigenvalue weighted by molar-refractivity contribution is 5.99. The summed E-state index contributed by atoms with van der Waals surface area (Å²) in [4.78, 5) is 34.1. The number of amides is 2. The van der Waals surface area contributed by atoms with Crippen LogP contribution in [0.5, 0.6) is 0 Å². The number of carbonyl (C=O) groups excluding carboxylic acids is 2. The van der Waals surface area contributed by atoms with Gasteiger partial charge in [-0.2, -0.15) is 0 Å². The first-order chi connectivity index (χ1) is 7.06. The number of carboxylic acid groups (broad SMARTS) is 1. The van der Waals surface area contributed by atoms with Crippen molar-refractivity contribution in [3.05, 3.63) is 0 Å². The maximum Gasteiger partial charge on any atom is 0.328 e. The van der Waals surface area contributed by atoms with Crippen LogP contribution >= 0.6 is 0 Å². The monoisotopic (exact) mass is 210 g/mol. The summed E-state index contributed by atoms with van der Waals surface area (Å²) in [5, 5.41) is 11.2. The minimum atomic E-state index is -1.15. The summed E-state index contributed by atoms with van der Waals surface area (Å²) < 4.78 is 0. The van der Waals surface area contributed by atoms with Crippen LogP contribution in [0.4, 0.5) is 0 Å². The zero-order chi connectivity index (χ0) is 11.4. The van der Waals surface area contributed by atoms with E-state index in [1.807, 2.05) is 0 Å². The van der Waals surface area contributed by atoms with Crippen LogP contribution in [0, 0.1) is 11.8 Å². The van der Waals surface area contributed by atoms with Gasteiger partial charge in [0.25, 0.3) is 5.91 Å². The van der Waals surface area contributed by atoms with Crippen LogP contribution in [-0.2, 0) is 14.4 Å². The fourth-order valence-electron chi connectivity index (χ4n) is 1.25. The van der Waals surface area contributed by atoms with Crippen molar-refractivity contribution in [3.63, 3.8) is 0 Å². The zero-order valence-corrected chi connectivity index (χ0v) is 8.11. The molecule has 1 unspecified atom stereocenters. The Kier molecular flexibility index (Phi) is 3.29. The highest BCUT2D eigenvalue weighted by atomic mass is 16.4. The Balaban J connectivity index is 2.86. The SMILES string of the molecule is CC#CC(=O)N1CC(=O)NCC1C(=O)O. The number of hydrogen-bond donors (Lipinski definition) is 2.